The summed E-state index contributed by atoms with van der Waals surface area (Å²) in [6.45, 7) is 7.20. The average molecular weight is 238 g/mol. The highest BCUT2D eigenvalue weighted by Crippen LogP contribution is 2.16. The molecule has 0 aliphatic rings. The first-order chi connectivity index (χ1) is 7.64. The predicted molar refractivity (Wildman–Crippen MR) is 70.1 cm³/mol. The molecule has 1 aromatic rings. The fourth-order valence-corrected chi connectivity index (χ4v) is 2.45. The van der Waals surface area contributed by atoms with E-state index < -0.39 is 10.0 Å². The van der Waals surface area contributed by atoms with Gasteiger partial charge in [-0.2, -0.15) is 0 Å². The van der Waals surface area contributed by atoms with Gasteiger partial charge in [0.25, 0.3) is 0 Å². The standard InChI is InChI=1S/C13H22O2Si/c1-4-10-14-16-15-13(2,3)11-12-8-6-5-7-9-12/h5-9H,4,10-11,16H2,1-3H3. The van der Waals surface area contributed by atoms with Crippen LogP contribution in [0, 0.1) is 0 Å². The van der Waals surface area contributed by atoms with E-state index >= 15 is 0 Å². The van der Waals surface area contributed by atoms with Crippen molar-refractivity contribution >= 4 is 10.0 Å². The van der Waals surface area contributed by atoms with E-state index in [4.69, 9.17) is 8.85 Å². The van der Waals surface area contributed by atoms with E-state index in [9.17, 15) is 0 Å². The zero-order valence-electron chi connectivity index (χ0n) is 10.5. The molecule has 0 aliphatic carbocycles. The maximum atomic E-state index is 5.85. The van der Waals surface area contributed by atoms with Gasteiger partial charge in [0, 0.05) is 6.61 Å². The minimum Gasteiger partial charge on any atom is -0.399 e. The summed E-state index contributed by atoms with van der Waals surface area (Å²) < 4.78 is 11.3. The Morgan fingerprint density at radius 1 is 1.19 bits per heavy atom. The van der Waals surface area contributed by atoms with Crippen LogP contribution in [0.1, 0.15) is 32.8 Å². The lowest BCUT2D eigenvalue weighted by Gasteiger charge is -2.25. The van der Waals surface area contributed by atoms with Crippen LogP contribution in [0.3, 0.4) is 0 Å². The first-order valence-electron chi connectivity index (χ1n) is 5.90. The first-order valence-corrected chi connectivity index (χ1v) is 7.05. The van der Waals surface area contributed by atoms with E-state index in [0.29, 0.717) is 0 Å². The first kappa shape index (κ1) is 13.4. The Kier molecular flexibility index (Phi) is 5.73. The van der Waals surface area contributed by atoms with E-state index in [-0.39, 0.29) is 5.60 Å². The fourth-order valence-electron chi connectivity index (χ4n) is 1.54. The van der Waals surface area contributed by atoms with Gasteiger partial charge in [0.1, 0.15) is 0 Å². The topological polar surface area (TPSA) is 18.5 Å². The normalized spacial score (nSPS) is 12.4. The second kappa shape index (κ2) is 6.84. The third-order valence-corrected chi connectivity index (χ3v) is 3.71. The predicted octanol–water partition coefficient (Wildman–Crippen LogP) is 2.45. The molecule has 1 rings (SSSR count). The van der Waals surface area contributed by atoms with Crippen LogP contribution in [0.25, 0.3) is 0 Å². The Morgan fingerprint density at radius 2 is 1.88 bits per heavy atom. The lowest BCUT2D eigenvalue weighted by Crippen LogP contribution is -2.30. The van der Waals surface area contributed by atoms with Crippen LogP contribution in [0.5, 0.6) is 0 Å². The molecule has 0 bridgehead atoms. The molecule has 16 heavy (non-hydrogen) atoms. The van der Waals surface area contributed by atoms with Crippen LogP contribution in [-0.2, 0) is 15.3 Å². The van der Waals surface area contributed by atoms with Gasteiger partial charge >= 0.3 is 10.0 Å². The molecule has 0 radical (unpaired) electrons. The molecule has 0 heterocycles. The molecule has 0 aromatic heterocycles. The highest BCUT2D eigenvalue weighted by atomic mass is 28.3. The highest BCUT2D eigenvalue weighted by Gasteiger charge is 2.18. The Hall–Kier alpha value is -0.643. The van der Waals surface area contributed by atoms with Crippen molar-refractivity contribution in [3.63, 3.8) is 0 Å². The molecule has 1 aromatic carbocycles. The summed E-state index contributed by atoms with van der Waals surface area (Å²) in [5.74, 6) is 0. The largest absolute Gasteiger partial charge is 0.399 e. The molecule has 90 valence electrons. The third kappa shape index (κ3) is 5.44. The summed E-state index contributed by atoms with van der Waals surface area (Å²) in [4.78, 5) is 0. The van der Waals surface area contributed by atoms with Crippen molar-refractivity contribution in [3.05, 3.63) is 35.9 Å². The van der Waals surface area contributed by atoms with E-state index in [0.717, 1.165) is 19.4 Å². The monoisotopic (exact) mass is 238 g/mol. The lowest BCUT2D eigenvalue weighted by atomic mass is 9.99. The minimum atomic E-state index is -0.820. The number of benzene rings is 1. The summed E-state index contributed by atoms with van der Waals surface area (Å²) in [7, 11) is -0.820. The molecule has 0 amide bonds. The summed E-state index contributed by atoms with van der Waals surface area (Å²) in [5, 5.41) is 0. The quantitative estimate of drug-likeness (QED) is 0.536. The van der Waals surface area contributed by atoms with Crippen LogP contribution >= 0.6 is 0 Å². The second-order valence-electron chi connectivity index (χ2n) is 4.59. The van der Waals surface area contributed by atoms with Crippen LogP contribution < -0.4 is 0 Å². The molecule has 0 unspecified atom stereocenters. The Morgan fingerprint density at radius 3 is 2.50 bits per heavy atom. The van der Waals surface area contributed by atoms with Gasteiger partial charge in [-0.05, 0) is 32.3 Å². The van der Waals surface area contributed by atoms with Gasteiger partial charge < -0.3 is 8.85 Å². The molecule has 0 saturated heterocycles. The smallest absolute Gasteiger partial charge is 0.304 e. The van der Waals surface area contributed by atoms with Crippen molar-refractivity contribution in [1.29, 1.82) is 0 Å². The summed E-state index contributed by atoms with van der Waals surface area (Å²) >= 11 is 0. The Bertz CT molecular complexity index is 285. The molecule has 2 nitrogen and oxygen atoms in total. The van der Waals surface area contributed by atoms with Crippen LogP contribution in [-0.4, -0.2) is 22.2 Å². The van der Waals surface area contributed by atoms with E-state index in [1.807, 2.05) is 6.07 Å². The summed E-state index contributed by atoms with van der Waals surface area (Å²) in [5.41, 5.74) is 1.21. The SMILES string of the molecule is CCCO[SiH2]OC(C)(C)Cc1ccccc1. The van der Waals surface area contributed by atoms with Gasteiger partial charge in [0.15, 0.2) is 0 Å². The molecule has 0 aliphatic heterocycles. The van der Waals surface area contributed by atoms with Gasteiger partial charge in [-0.3, -0.25) is 0 Å². The minimum absolute atomic E-state index is 0.110. The molecule has 0 saturated carbocycles. The Balaban J connectivity index is 2.33. The van der Waals surface area contributed by atoms with Crippen molar-refractivity contribution < 1.29 is 8.85 Å². The Labute approximate surface area is 101 Å². The number of hydrogen-bond donors (Lipinski definition) is 0. The van der Waals surface area contributed by atoms with Gasteiger partial charge in [-0.25, -0.2) is 0 Å². The lowest BCUT2D eigenvalue weighted by molar-refractivity contribution is 0.0816. The van der Waals surface area contributed by atoms with Crippen molar-refractivity contribution in [2.24, 2.45) is 0 Å². The fraction of sp³-hybridized carbons (Fsp3) is 0.538. The molecule has 0 spiro atoms. The van der Waals surface area contributed by atoms with Gasteiger partial charge in [-0.1, -0.05) is 37.3 Å². The maximum Gasteiger partial charge on any atom is 0.304 e. The molecular formula is C13H22O2Si. The van der Waals surface area contributed by atoms with E-state index in [2.05, 4.69) is 45.0 Å². The third-order valence-electron chi connectivity index (χ3n) is 2.35. The summed E-state index contributed by atoms with van der Waals surface area (Å²) in [6.07, 6.45) is 2.01. The van der Waals surface area contributed by atoms with Crippen LogP contribution in [0.4, 0.5) is 0 Å². The average Bonchev–Trinajstić information content (AvgIpc) is 2.25. The van der Waals surface area contributed by atoms with Crippen LogP contribution in [0.2, 0.25) is 0 Å². The highest BCUT2D eigenvalue weighted by molar-refractivity contribution is 6.18. The van der Waals surface area contributed by atoms with Gasteiger partial charge in [-0.15, -0.1) is 0 Å². The molecule has 0 fully saturated rings. The zero-order valence-corrected chi connectivity index (χ0v) is 11.9. The zero-order chi connectivity index (χ0) is 11.9. The molecular weight excluding hydrogens is 216 g/mol. The van der Waals surface area contributed by atoms with E-state index in [1.54, 1.807) is 0 Å². The maximum absolute atomic E-state index is 5.85. The number of hydrogen-bond acceptors (Lipinski definition) is 2. The van der Waals surface area contributed by atoms with Gasteiger partial charge in [0.2, 0.25) is 0 Å². The second-order valence-corrected chi connectivity index (χ2v) is 5.53. The number of rotatable bonds is 7. The van der Waals surface area contributed by atoms with Crippen molar-refractivity contribution in [2.75, 3.05) is 6.61 Å². The van der Waals surface area contributed by atoms with Crippen molar-refractivity contribution in [3.8, 4) is 0 Å². The van der Waals surface area contributed by atoms with Gasteiger partial charge in [0.05, 0.1) is 5.60 Å². The van der Waals surface area contributed by atoms with E-state index in [1.165, 1.54) is 5.56 Å². The van der Waals surface area contributed by atoms with Crippen molar-refractivity contribution in [1.82, 2.24) is 0 Å². The molecule has 0 N–H and O–H groups in total. The van der Waals surface area contributed by atoms with Crippen molar-refractivity contribution in [2.45, 2.75) is 39.2 Å². The molecule has 3 heteroatoms. The summed E-state index contributed by atoms with van der Waals surface area (Å²) in [6, 6.07) is 10.4. The van der Waals surface area contributed by atoms with Crippen LogP contribution in [0.15, 0.2) is 30.3 Å². The molecule has 0 atom stereocenters.